The van der Waals surface area contributed by atoms with Gasteiger partial charge in [-0.05, 0) is 115 Å². The first-order valence-electron chi connectivity index (χ1n) is 18.0. The molecule has 0 radical (unpaired) electrons. The summed E-state index contributed by atoms with van der Waals surface area (Å²) in [4.78, 5) is 0. The van der Waals surface area contributed by atoms with E-state index < -0.39 is 0 Å². The summed E-state index contributed by atoms with van der Waals surface area (Å²) in [5.74, 6) is 0. The summed E-state index contributed by atoms with van der Waals surface area (Å²) in [5.41, 5.74) is 10.6. The molecule has 0 fully saturated rings. The number of benzene rings is 10. The first-order chi connectivity index (χ1) is 25.1. The maximum absolute atomic E-state index is 2.45. The van der Waals surface area contributed by atoms with E-state index in [9.17, 15) is 0 Å². The van der Waals surface area contributed by atoms with Crippen molar-refractivity contribution in [2.75, 3.05) is 0 Å². The summed E-state index contributed by atoms with van der Waals surface area (Å²) >= 11 is 0. The van der Waals surface area contributed by atoms with E-state index in [-0.39, 0.29) is 5.41 Å². The van der Waals surface area contributed by atoms with Crippen molar-refractivity contribution in [3.63, 3.8) is 0 Å². The predicted molar refractivity (Wildman–Crippen MR) is 220 cm³/mol. The second-order valence-corrected chi connectivity index (χ2v) is 14.8. The first kappa shape index (κ1) is 28.6. The van der Waals surface area contributed by atoms with Crippen LogP contribution in [0, 0.1) is 0 Å². The van der Waals surface area contributed by atoms with Crippen molar-refractivity contribution in [2.24, 2.45) is 0 Å². The van der Waals surface area contributed by atoms with Crippen LogP contribution in [0.15, 0.2) is 170 Å². The molecule has 0 amide bonds. The van der Waals surface area contributed by atoms with Crippen LogP contribution in [0.2, 0.25) is 0 Å². The molecule has 0 atom stereocenters. The number of hydrogen-bond donors (Lipinski definition) is 0. The summed E-state index contributed by atoms with van der Waals surface area (Å²) in [5, 5.41) is 15.6. The molecule has 0 heterocycles. The fraction of sp³-hybridized carbons (Fsp3) is 0.0588. The molecule has 10 aromatic rings. The third kappa shape index (κ3) is 3.85. The van der Waals surface area contributed by atoms with Gasteiger partial charge >= 0.3 is 0 Å². The second-order valence-electron chi connectivity index (χ2n) is 14.8. The van der Waals surface area contributed by atoms with E-state index in [0.717, 1.165) is 0 Å². The molecule has 0 saturated carbocycles. The monoisotopic (exact) mass is 646 g/mol. The Balaban J connectivity index is 1.26. The summed E-state index contributed by atoms with van der Waals surface area (Å²) in [6, 6.07) is 63.6. The molecular formula is C51H34. The molecule has 0 aliphatic heterocycles. The SMILES string of the molecule is CC1(C)c2c(cccc2-c2c3ccccc3c(-c3cc4ccc5ccccc5c4c4ccccc34)c3ccccc23)-c2ccc3ccccc3c21. The highest BCUT2D eigenvalue weighted by Crippen LogP contribution is 2.56. The quantitative estimate of drug-likeness (QED) is 0.129. The summed E-state index contributed by atoms with van der Waals surface area (Å²) in [7, 11) is 0. The summed E-state index contributed by atoms with van der Waals surface area (Å²) in [6.45, 7) is 4.86. The van der Waals surface area contributed by atoms with E-state index in [0.29, 0.717) is 0 Å². The van der Waals surface area contributed by atoms with Gasteiger partial charge in [0.25, 0.3) is 0 Å². The van der Waals surface area contributed by atoms with Crippen molar-refractivity contribution in [2.45, 2.75) is 19.3 Å². The highest BCUT2D eigenvalue weighted by atomic mass is 14.4. The third-order valence-electron chi connectivity index (χ3n) is 11.8. The Kier molecular flexibility index (Phi) is 5.82. The van der Waals surface area contributed by atoms with E-state index in [2.05, 4.69) is 184 Å². The highest BCUT2D eigenvalue weighted by molar-refractivity contribution is 6.28. The van der Waals surface area contributed by atoms with Gasteiger partial charge < -0.3 is 0 Å². The molecule has 51 heavy (non-hydrogen) atoms. The van der Waals surface area contributed by atoms with E-state index in [4.69, 9.17) is 0 Å². The second kappa shape index (κ2) is 10.4. The minimum absolute atomic E-state index is 0.180. The fourth-order valence-corrected chi connectivity index (χ4v) is 9.75. The Bertz CT molecular complexity index is 3050. The van der Waals surface area contributed by atoms with E-state index in [1.54, 1.807) is 0 Å². The van der Waals surface area contributed by atoms with Crippen LogP contribution in [0.4, 0.5) is 0 Å². The van der Waals surface area contributed by atoms with Crippen molar-refractivity contribution in [1.82, 2.24) is 0 Å². The lowest BCUT2D eigenvalue weighted by atomic mass is 9.75. The molecule has 0 saturated heterocycles. The van der Waals surface area contributed by atoms with Crippen molar-refractivity contribution in [3.8, 4) is 33.4 Å². The average Bonchev–Trinajstić information content (AvgIpc) is 3.43. The largest absolute Gasteiger partial charge is 0.0616 e. The molecule has 11 rings (SSSR count). The van der Waals surface area contributed by atoms with Crippen LogP contribution >= 0.6 is 0 Å². The number of hydrogen-bond acceptors (Lipinski definition) is 0. The zero-order valence-electron chi connectivity index (χ0n) is 28.7. The first-order valence-corrected chi connectivity index (χ1v) is 18.0. The Morgan fingerprint density at radius 3 is 1.41 bits per heavy atom. The van der Waals surface area contributed by atoms with Gasteiger partial charge in [0.1, 0.15) is 0 Å². The van der Waals surface area contributed by atoms with Gasteiger partial charge in [0.2, 0.25) is 0 Å². The molecule has 0 nitrogen and oxygen atoms in total. The minimum atomic E-state index is -0.180. The van der Waals surface area contributed by atoms with Crippen molar-refractivity contribution in [3.05, 3.63) is 181 Å². The topological polar surface area (TPSA) is 0 Å². The average molecular weight is 647 g/mol. The lowest BCUT2D eigenvalue weighted by molar-refractivity contribution is 0.668. The Labute approximate surface area is 297 Å². The van der Waals surface area contributed by atoms with Crippen LogP contribution in [0.3, 0.4) is 0 Å². The van der Waals surface area contributed by atoms with Crippen LogP contribution in [-0.2, 0) is 5.41 Å². The van der Waals surface area contributed by atoms with Gasteiger partial charge in [-0.1, -0.05) is 178 Å². The summed E-state index contributed by atoms with van der Waals surface area (Å²) in [6.07, 6.45) is 0. The summed E-state index contributed by atoms with van der Waals surface area (Å²) < 4.78 is 0. The van der Waals surface area contributed by atoms with E-state index in [1.165, 1.54) is 109 Å². The molecule has 10 aromatic carbocycles. The van der Waals surface area contributed by atoms with Gasteiger partial charge in [0.15, 0.2) is 0 Å². The molecule has 0 aromatic heterocycles. The Hall–Kier alpha value is -6.24. The zero-order chi connectivity index (χ0) is 33.8. The van der Waals surface area contributed by atoms with Gasteiger partial charge in [0.05, 0.1) is 0 Å². The van der Waals surface area contributed by atoms with Crippen molar-refractivity contribution >= 4 is 64.6 Å². The van der Waals surface area contributed by atoms with Gasteiger partial charge in [0, 0.05) is 5.41 Å². The number of fused-ring (bicyclic) bond motifs is 12. The molecule has 0 unspecified atom stereocenters. The van der Waals surface area contributed by atoms with E-state index in [1.807, 2.05) is 0 Å². The molecule has 0 bridgehead atoms. The van der Waals surface area contributed by atoms with Crippen LogP contribution < -0.4 is 0 Å². The maximum atomic E-state index is 2.45. The minimum Gasteiger partial charge on any atom is -0.0616 e. The molecule has 1 aliphatic carbocycles. The molecule has 0 N–H and O–H groups in total. The van der Waals surface area contributed by atoms with Crippen molar-refractivity contribution < 1.29 is 0 Å². The lowest BCUT2D eigenvalue weighted by Gasteiger charge is -2.27. The lowest BCUT2D eigenvalue weighted by Crippen LogP contribution is -2.17. The number of rotatable bonds is 2. The van der Waals surface area contributed by atoms with Gasteiger partial charge in [-0.15, -0.1) is 0 Å². The standard InChI is InChI=1S/C51H34/c1-51(2)49-35-17-6-4-15-32(35)28-29-43(49)42-24-13-25-44(50(42)51)47-38-20-9-11-22-40(38)48(41-23-12-10-21-39(41)47)45-30-33-27-26-31-14-3-5-16-34(31)46(33)37-19-8-7-18-36(37)45/h3-30H,1-2H3. The third-order valence-corrected chi connectivity index (χ3v) is 11.8. The predicted octanol–water partition coefficient (Wildman–Crippen LogP) is 14.2. The molecule has 238 valence electrons. The highest BCUT2D eigenvalue weighted by Gasteiger charge is 2.39. The smallest absolute Gasteiger partial charge is 0.0171 e. The van der Waals surface area contributed by atoms with Crippen LogP contribution in [0.5, 0.6) is 0 Å². The molecule has 1 aliphatic rings. The molecular weight excluding hydrogens is 613 g/mol. The van der Waals surface area contributed by atoms with Crippen LogP contribution in [0.25, 0.3) is 98.0 Å². The fourth-order valence-electron chi connectivity index (χ4n) is 9.75. The van der Waals surface area contributed by atoms with Gasteiger partial charge in [-0.2, -0.15) is 0 Å². The normalized spacial score (nSPS) is 13.5. The van der Waals surface area contributed by atoms with Crippen LogP contribution in [0.1, 0.15) is 25.0 Å². The zero-order valence-corrected chi connectivity index (χ0v) is 28.7. The maximum Gasteiger partial charge on any atom is 0.0171 e. The molecule has 0 heteroatoms. The van der Waals surface area contributed by atoms with Crippen molar-refractivity contribution in [1.29, 1.82) is 0 Å². The Morgan fingerprint density at radius 1 is 0.294 bits per heavy atom. The van der Waals surface area contributed by atoms with Gasteiger partial charge in [-0.3, -0.25) is 0 Å². The van der Waals surface area contributed by atoms with Gasteiger partial charge in [-0.25, -0.2) is 0 Å². The van der Waals surface area contributed by atoms with E-state index >= 15 is 0 Å². The molecule has 0 spiro atoms. The van der Waals surface area contributed by atoms with Crippen LogP contribution in [-0.4, -0.2) is 0 Å². The Morgan fingerprint density at radius 2 is 0.745 bits per heavy atom.